The number of nitrogens with zero attached hydrogens (tertiary/aromatic N) is 1. The first-order chi connectivity index (χ1) is 15.4. The van der Waals surface area contributed by atoms with Crippen LogP contribution in [0.2, 0.25) is 0 Å². The van der Waals surface area contributed by atoms with Gasteiger partial charge in [-0.25, -0.2) is 8.42 Å². The Morgan fingerprint density at radius 3 is 2.34 bits per heavy atom. The largest absolute Gasteiger partial charge is 0.497 e. The summed E-state index contributed by atoms with van der Waals surface area (Å²) in [5.41, 5.74) is 1.47. The van der Waals surface area contributed by atoms with Crippen molar-refractivity contribution in [3.8, 4) is 5.75 Å². The predicted molar refractivity (Wildman–Crippen MR) is 131 cm³/mol. The number of anilines is 1. The van der Waals surface area contributed by atoms with Gasteiger partial charge >= 0.3 is 0 Å². The number of carbonyl (C=O) groups is 1. The minimum absolute atomic E-state index is 0.111. The van der Waals surface area contributed by atoms with E-state index in [2.05, 4.69) is 5.32 Å². The van der Waals surface area contributed by atoms with Gasteiger partial charge in [-0.3, -0.25) is 9.10 Å². The smallest absolute Gasteiger partial charge is 0.264 e. The standard InChI is InChI=1S/C24H32N2O4S2/c1-19-8-10-20(11-9-19)26(32(28,29)23-14-12-21(30-2)13-15-23)18-24(27)25-16-17-31-22-6-4-3-5-7-22/h8-15,22H,3-7,16-18H2,1-2H3,(H,25,27). The topological polar surface area (TPSA) is 75.7 Å². The van der Waals surface area contributed by atoms with Crippen LogP contribution in [-0.4, -0.2) is 45.5 Å². The molecule has 0 saturated heterocycles. The highest BCUT2D eigenvalue weighted by atomic mass is 32.2. The van der Waals surface area contributed by atoms with E-state index in [0.717, 1.165) is 15.6 Å². The van der Waals surface area contributed by atoms with Gasteiger partial charge in [-0.2, -0.15) is 11.8 Å². The fourth-order valence-corrected chi connectivity index (χ4v) is 6.38. The molecule has 2 aromatic carbocycles. The number of hydrogen-bond acceptors (Lipinski definition) is 5. The molecule has 1 saturated carbocycles. The quantitative estimate of drug-likeness (QED) is 0.515. The van der Waals surface area contributed by atoms with Gasteiger partial charge in [0.25, 0.3) is 10.0 Å². The summed E-state index contributed by atoms with van der Waals surface area (Å²) >= 11 is 1.90. The van der Waals surface area contributed by atoms with Crippen LogP contribution >= 0.6 is 11.8 Å². The lowest BCUT2D eigenvalue weighted by Gasteiger charge is -2.24. The number of sulfonamides is 1. The van der Waals surface area contributed by atoms with Crippen LogP contribution in [0.4, 0.5) is 5.69 Å². The molecule has 0 aliphatic heterocycles. The zero-order chi connectivity index (χ0) is 23.0. The van der Waals surface area contributed by atoms with E-state index in [-0.39, 0.29) is 17.3 Å². The second-order valence-corrected chi connectivity index (χ2v) is 11.3. The van der Waals surface area contributed by atoms with Gasteiger partial charge in [-0.05, 0) is 56.2 Å². The molecule has 0 bridgehead atoms. The second kappa shape index (κ2) is 11.6. The fraction of sp³-hybridized carbons (Fsp3) is 0.458. The third-order valence-corrected chi connectivity index (χ3v) is 8.76. The summed E-state index contributed by atoms with van der Waals surface area (Å²) in [7, 11) is -2.40. The van der Waals surface area contributed by atoms with Gasteiger partial charge in [0, 0.05) is 17.5 Å². The number of aryl methyl sites for hydroxylation is 1. The molecule has 0 unspecified atom stereocenters. The SMILES string of the molecule is COc1ccc(S(=O)(=O)N(CC(=O)NCCSC2CCCCC2)c2ccc(C)cc2)cc1. The van der Waals surface area contributed by atoms with Crippen molar-refractivity contribution >= 4 is 33.4 Å². The molecular formula is C24H32N2O4S2. The molecule has 1 aliphatic rings. The average Bonchev–Trinajstić information content (AvgIpc) is 2.81. The number of methoxy groups -OCH3 is 1. The van der Waals surface area contributed by atoms with Gasteiger partial charge in [-0.1, -0.05) is 37.0 Å². The Morgan fingerprint density at radius 1 is 1.06 bits per heavy atom. The van der Waals surface area contributed by atoms with Crippen LogP contribution in [0, 0.1) is 6.92 Å². The van der Waals surface area contributed by atoms with Gasteiger partial charge in [0.1, 0.15) is 12.3 Å². The van der Waals surface area contributed by atoms with Gasteiger partial charge in [0.05, 0.1) is 17.7 Å². The van der Waals surface area contributed by atoms with Gasteiger partial charge in [-0.15, -0.1) is 0 Å². The summed E-state index contributed by atoms with van der Waals surface area (Å²) in [4.78, 5) is 12.8. The highest BCUT2D eigenvalue weighted by Crippen LogP contribution is 2.28. The summed E-state index contributed by atoms with van der Waals surface area (Å²) in [6.45, 7) is 2.19. The number of benzene rings is 2. The van der Waals surface area contributed by atoms with Gasteiger partial charge in [0.15, 0.2) is 0 Å². The number of ether oxygens (including phenoxy) is 1. The Labute approximate surface area is 195 Å². The number of nitrogens with one attached hydrogen (secondary N) is 1. The van der Waals surface area contributed by atoms with Crippen LogP contribution in [0.15, 0.2) is 53.4 Å². The number of rotatable bonds is 10. The number of thioether (sulfide) groups is 1. The fourth-order valence-electron chi connectivity index (χ4n) is 3.74. The lowest BCUT2D eigenvalue weighted by atomic mass is 10.0. The van der Waals surface area contributed by atoms with Crippen LogP contribution in [-0.2, 0) is 14.8 Å². The van der Waals surface area contributed by atoms with Crippen LogP contribution in [0.25, 0.3) is 0 Å². The minimum Gasteiger partial charge on any atom is -0.497 e. The van der Waals surface area contributed by atoms with Crippen molar-refractivity contribution in [3.63, 3.8) is 0 Å². The monoisotopic (exact) mass is 476 g/mol. The maximum atomic E-state index is 13.4. The van der Waals surface area contributed by atoms with Crippen molar-refractivity contribution in [1.82, 2.24) is 5.32 Å². The molecule has 0 heterocycles. The van der Waals surface area contributed by atoms with Crippen molar-refractivity contribution < 1.29 is 17.9 Å². The Kier molecular flexibility index (Phi) is 8.87. The first kappa shape index (κ1) is 24.5. The van der Waals surface area contributed by atoms with Crippen LogP contribution < -0.4 is 14.4 Å². The lowest BCUT2D eigenvalue weighted by Crippen LogP contribution is -2.41. The zero-order valence-electron chi connectivity index (χ0n) is 18.7. The Morgan fingerprint density at radius 2 is 1.72 bits per heavy atom. The minimum atomic E-state index is -3.92. The van der Waals surface area contributed by atoms with Crippen LogP contribution in [0.5, 0.6) is 5.75 Å². The van der Waals surface area contributed by atoms with E-state index in [1.165, 1.54) is 51.3 Å². The molecule has 2 aromatic rings. The Bertz CT molecular complexity index is 970. The molecule has 32 heavy (non-hydrogen) atoms. The maximum absolute atomic E-state index is 13.4. The number of amides is 1. The predicted octanol–water partition coefficient (Wildman–Crippen LogP) is 4.38. The molecule has 1 aliphatic carbocycles. The Hall–Kier alpha value is -2.19. The highest BCUT2D eigenvalue weighted by Gasteiger charge is 2.27. The molecular weight excluding hydrogens is 444 g/mol. The summed E-state index contributed by atoms with van der Waals surface area (Å²) in [6.07, 6.45) is 6.41. The summed E-state index contributed by atoms with van der Waals surface area (Å²) in [5, 5.41) is 3.57. The van der Waals surface area contributed by atoms with Crippen molar-refractivity contribution in [2.75, 3.05) is 30.3 Å². The molecule has 0 aromatic heterocycles. The molecule has 0 radical (unpaired) electrons. The molecule has 1 fully saturated rings. The molecule has 1 amide bonds. The molecule has 6 nitrogen and oxygen atoms in total. The Balaban J connectivity index is 1.68. The van der Waals surface area contributed by atoms with Crippen molar-refractivity contribution in [2.45, 2.75) is 49.2 Å². The third kappa shape index (κ3) is 6.65. The van der Waals surface area contributed by atoms with E-state index in [0.29, 0.717) is 23.2 Å². The highest BCUT2D eigenvalue weighted by molar-refractivity contribution is 7.99. The maximum Gasteiger partial charge on any atom is 0.264 e. The van der Waals surface area contributed by atoms with Gasteiger partial charge in [0.2, 0.25) is 5.91 Å². The molecule has 0 atom stereocenters. The van der Waals surface area contributed by atoms with E-state index in [4.69, 9.17) is 4.74 Å². The zero-order valence-corrected chi connectivity index (χ0v) is 20.4. The summed E-state index contributed by atoms with van der Waals surface area (Å²) in [5.74, 6) is 1.09. The lowest BCUT2D eigenvalue weighted by molar-refractivity contribution is -0.119. The molecule has 8 heteroatoms. The summed E-state index contributed by atoms with van der Waals surface area (Å²) < 4.78 is 33.1. The van der Waals surface area contributed by atoms with E-state index >= 15 is 0 Å². The van der Waals surface area contributed by atoms with Crippen LogP contribution in [0.3, 0.4) is 0 Å². The molecule has 3 rings (SSSR count). The molecule has 0 spiro atoms. The molecule has 174 valence electrons. The van der Waals surface area contributed by atoms with Crippen molar-refractivity contribution in [2.24, 2.45) is 0 Å². The second-order valence-electron chi connectivity index (χ2n) is 8.00. The van der Waals surface area contributed by atoms with E-state index < -0.39 is 10.0 Å². The van der Waals surface area contributed by atoms with E-state index in [9.17, 15) is 13.2 Å². The average molecular weight is 477 g/mol. The van der Waals surface area contributed by atoms with Crippen LogP contribution in [0.1, 0.15) is 37.7 Å². The third-order valence-electron chi connectivity index (χ3n) is 5.59. The normalized spacial score (nSPS) is 14.7. The van der Waals surface area contributed by atoms with E-state index in [1.54, 1.807) is 24.3 Å². The van der Waals surface area contributed by atoms with Crippen molar-refractivity contribution in [3.05, 3.63) is 54.1 Å². The first-order valence-corrected chi connectivity index (χ1v) is 13.5. The molecule has 1 N–H and O–H groups in total. The number of hydrogen-bond donors (Lipinski definition) is 1. The van der Waals surface area contributed by atoms with Crippen molar-refractivity contribution in [1.29, 1.82) is 0 Å². The number of carbonyl (C=O) groups excluding carboxylic acids is 1. The van der Waals surface area contributed by atoms with E-state index in [1.807, 2.05) is 30.8 Å². The first-order valence-electron chi connectivity index (χ1n) is 11.0. The van der Waals surface area contributed by atoms with Gasteiger partial charge < -0.3 is 10.1 Å². The summed E-state index contributed by atoms with van der Waals surface area (Å²) in [6, 6.07) is 13.3.